The number of fused-ring (bicyclic) bond motifs is 3. The molecule has 0 aromatic heterocycles. The molecule has 11 nitrogen and oxygen atoms in total. The summed E-state index contributed by atoms with van der Waals surface area (Å²) in [5, 5.41) is 4.82. The smallest absolute Gasteiger partial charge is 0.333 e. The van der Waals surface area contributed by atoms with Gasteiger partial charge in [0.25, 0.3) is 10.3 Å². The van der Waals surface area contributed by atoms with Crippen LogP contribution in [0.25, 0.3) is 0 Å². The number of hydrogen-bond donors (Lipinski definition) is 2. The highest BCUT2D eigenvalue weighted by molar-refractivity contribution is 7.84. The van der Waals surface area contributed by atoms with Crippen LogP contribution in [0.3, 0.4) is 0 Å². The van der Waals surface area contributed by atoms with Crippen LogP contribution in [0.2, 0.25) is 0 Å². The lowest BCUT2D eigenvalue weighted by molar-refractivity contribution is -0.290. The van der Waals surface area contributed by atoms with Crippen molar-refractivity contribution in [2.75, 3.05) is 13.2 Å². The molecule has 5 atom stereocenters. The van der Waals surface area contributed by atoms with Crippen LogP contribution >= 0.6 is 0 Å². The van der Waals surface area contributed by atoms with Gasteiger partial charge in [0.15, 0.2) is 5.79 Å². The molecule has 3 N–H and O–H groups in total. The second kappa shape index (κ2) is 4.81. The highest BCUT2D eigenvalue weighted by Crippen LogP contribution is 2.46. The molecule has 3 aliphatic heterocycles. The summed E-state index contributed by atoms with van der Waals surface area (Å²) in [6.45, 7) is 2.45. The van der Waals surface area contributed by atoms with Crippen LogP contribution in [0.15, 0.2) is 0 Å². The summed E-state index contributed by atoms with van der Waals surface area (Å²) in [6.07, 6.45) is -2.73. The van der Waals surface area contributed by atoms with E-state index in [1.165, 1.54) is 0 Å². The van der Waals surface area contributed by atoms with Crippen LogP contribution in [0.4, 0.5) is 0 Å². The molecule has 3 rings (SSSR count). The molecule has 3 aliphatic rings. The first-order valence-corrected chi connectivity index (χ1v) is 9.14. The van der Waals surface area contributed by atoms with Crippen LogP contribution in [-0.4, -0.2) is 55.7 Å². The van der Waals surface area contributed by atoms with Crippen molar-refractivity contribution in [3.63, 3.8) is 0 Å². The summed E-state index contributed by atoms with van der Waals surface area (Å²) in [6, 6.07) is 0. The summed E-state index contributed by atoms with van der Waals surface area (Å²) < 4.78 is 72.5. The zero-order valence-corrected chi connectivity index (χ0v) is 13.3. The Morgan fingerprint density at radius 1 is 1.41 bits per heavy atom. The van der Waals surface area contributed by atoms with E-state index in [1.54, 1.807) is 13.8 Å². The molecule has 3 fully saturated rings. The molecular weight excluding hydrogens is 344 g/mol. The van der Waals surface area contributed by atoms with Crippen molar-refractivity contribution in [3.8, 4) is 0 Å². The fraction of sp³-hybridized carbons (Fsp3) is 1.00. The van der Waals surface area contributed by atoms with Crippen molar-refractivity contribution in [2.24, 2.45) is 5.14 Å². The van der Waals surface area contributed by atoms with Gasteiger partial charge < -0.3 is 14.2 Å². The maximum Gasteiger partial charge on any atom is 0.333 e. The second-order valence-electron chi connectivity index (χ2n) is 5.57. The van der Waals surface area contributed by atoms with E-state index in [0.29, 0.717) is 0 Å². The van der Waals surface area contributed by atoms with Gasteiger partial charge >= 0.3 is 10.3 Å². The average Bonchev–Trinajstić information content (AvgIpc) is 2.78. The third-order valence-electron chi connectivity index (χ3n) is 3.33. The van der Waals surface area contributed by atoms with Gasteiger partial charge in [-0.3, -0.25) is 12.5 Å². The van der Waals surface area contributed by atoms with Gasteiger partial charge in [-0.1, -0.05) is 0 Å². The Labute approximate surface area is 127 Å². The maximum atomic E-state index is 11.6. The molecule has 3 saturated heterocycles. The molecular formula is C9H16N2O9S2. The van der Waals surface area contributed by atoms with Gasteiger partial charge in [-0.05, 0) is 13.8 Å². The van der Waals surface area contributed by atoms with Crippen molar-refractivity contribution >= 4 is 20.6 Å². The fourth-order valence-corrected chi connectivity index (χ4v) is 4.06. The molecule has 0 spiro atoms. The number of nitrogens with one attached hydrogen (secondary N) is 1. The van der Waals surface area contributed by atoms with E-state index in [-0.39, 0.29) is 6.61 Å². The largest absolute Gasteiger partial charge is 0.343 e. The molecule has 0 unspecified atom stereocenters. The zero-order chi connectivity index (χ0) is 16.4. The number of rotatable bonds is 3. The molecule has 0 aromatic carbocycles. The van der Waals surface area contributed by atoms with E-state index >= 15 is 0 Å². The zero-order valence-electron chi connectivity index (χ0n) is 11.7. The summed E-state index contributed by atoms with van der Waals surface area (Å²) in [4.78, 5) is 0. The summed E-state index contributed by atoms with van der Waals surface area (Å²) in [7, 11) is -7.90. The van der Waals surface area contributed by atoms with Gasteiger partial charge in [-0.25, -0.2) is 9.92 Å². The standard InChI is InChI=1S/C9H16N2O9S2/c1-8(2)17-7-6-5(18-22(11,14)19-6)3-15-9(7,20-8)4-16-21(10,12)13/h5-7,11H,3-4H2,1-2H3,(H2,10,12,13)/t5-,6-,7+,9+,22-/m1/s1. The molecule has 128 valence electrons. The first-order chi connectivity index (χ1) is 9.92. The van der Waals surface area contributed by atoms with Crippen molar-refractivity contribution in [2.45, 2.75) is 43.7 Å². The van der Waals surface area contributed by atoms with E-state index in [1.807, 2.05) is 0 Å². The van der Waals surface area contributed by atoms with Gasteiger partial charge in [-0.15, -0.1) is 0 Å². The summed E-state index contributed by atoms with van der Waals surface area (Å²) in [5.74, 6) is -2.77. The highest BCUT2D eigenvalue weighted by Gasteiger charge is 2.65. The molecule has 0 saturated carbocycles. The van der Waals surface area contributed by atoms with E-state index < -0.39 is 57.1 Å². The Hall–Kier alpha value is -0.380. The van der Waals surface area contributed by atoms with E-state index in [9.17, 15) is 12.6 Å². The van der Waals surface area contributed by atoms with Gasteiger partial charge in [0.1, 0.15) is 24.9 Å². The second-order valence-corrected chi connectivity index (χ2v) is 8.08. The van der Waals surface area contributed by atoms with Gasteiger partial charge in [0, 0.05) is 0 Å². The van der Waals surface area contributed by atoms with Gasteiger partial charge in [-0.2, -0.15) is 12.6 Å². The van der Waals surface area contributed by atoms with Crippen LogP contribution in [-0.2, 0) is 47.4 Å². The minimum Gasteiger partial charge on any atom is -0.343 e. The lowest BCUT2D eigenvalue weighted by Gasteiger charge is -2.39. The Balaban J connectivity index is 1.90. The fourth-order valence-electron chi connectivity index (χ4n) is 2.68. The SMILES string of the molecule is CC1(C)O[C@H]2[C@@H]3O[S@](=N)(=O)O[C@@H]3CO[C@@]2(COS(N)(=O)=O)O1. The predicted molar refractivity (Wildman–Crippen MR) is 68.4 cm³/mol. The van der Waals surface area contributed by atoms with Gasteiger partial charge in [0.05, 0.1) is 6.61 Å². The first-order valence-electron chi connectivity index (χ1n) is 6.26. The van der Waals surface area contributed by atoms with Crippen LogP contribution < -0.4 is 5.14 Å². The molecule has 0 aromatic rings. The minimum atomic E-state index is -4.23. The molecule has 13 heteroatoms. The lowest BCUT2D eigenvalue weighted by Crippen LogP contribution is -2.60. The van der Waals surface area contributed by atoms with Crippen molar-refractivity contribution in [1.29, 1.82) is 4.78 Å². The van der Waals surface area contributed by atoms with Crippen molar-refractivity contribution in [1.82, 2.24) is 0 Å². The normalized spacial score (nSPS) is 47.1. The Kier molecular flexibility index (Phi) is 3.60. The Bertz CT molecular complexity index is 675. The van der Waals surface area contributed by atoms with E-state index in [2.05, 4.69) is 4.18 Å². The lowest BCUT2D eigenvalue weighted by atomic mass is 9.98. The molecule has 0 radical (unpaired) electrons. The number of nitrogens with two attached hydrogens (primary N) is 1. The number of ether oxygens (including phenoxy) is 3. The van der Waals surface area contributed by atoms with Crippen molar-refractivity contribution in [3.05, 3.63) is 0 Å². The predicted octanol–water partition coefficient (Wildman–Crippen LogP) is -1.25. The van der Waals surface area contributed by atoms with Crippen LogP contribution in [0.5, 0.6) is 0 Å². The quantitative estimate of drug-likeness (QED) is 0.627. The Morgan fingerprint density at radius 3 is 2.73 bits per heavy atom. The minimum absolute atomic E-state index is 0.134. The average molecular weight is 360 g/mol. The number of hydrogen-bond acceptors (Lipinski definition) is 10. The third kappa shape index (κ3) is 3.00. The van der Waals surface area contributed by atoms with Crippen LogP contribution in [0.1, 0.15) is 13.8 Å². The monoisotopic (exact) mass is 360 g/mol. The summed E-state index contributed by atoms with van der Waals surface area (Å²) in [5.41, 5.74) is 0. The maximum absolute atomic E-state index is 11.6. The molecule has 0 bridgehead atoms. The third-order valence-corrected chi connectivity index (χ3v) is 4.75. The first kappa shape index (κ1) is 16.5. The molecule has 22 heavy (non-hydrogen) atoms. The Morgan fingerprint density at radius 2 is 2.09 bits per heavy atom. The molecule has 0 aliphatic carbocycles. The highest BCUT2D eigenvalue weighted by atomic mass is 32.2. The van der Waals surface area contributed by atoms with Crippen molar-refractivity contribution < 1.29 is 39.4 Å². The molecule has 3 heterocycles. The topological polar surface area (TPSA) is 156 Å². The summed E-state index contributed by atoms with van der Waals surface area (Å²) >= 11 is 0. The van der Waals surface area contributed by atoms with E-state index in [0.717, 1.165) is 0 Å². The van der Waals surface area contributed by atoms with E-state index in [4.69, 9.17) is 32.5 Å². The van der Waals surface area contributed by atoms with Crippen LogP contribution in [0, 0.1) is 4.78 Å². The van der Waals surface area contributed by atoms with Gasteiger partial charge in [0.2, 0.25) is 5.79 Å². The molecule has 0 amide bonds.